The zero-order valence-corrected chi connectivity index (χ0v) is 14.5. The van der Waals surface area contributed by atoms with E-state index in [1.165, 1.54) is 0 Å². The largest absolute Gasteiger partial charge is 0.496 e. The number of methoxy groups -OCH3 is 2. The topological polar surface area (TPSA) is 44.5 Å². The zero-order valence-electron chi connectivity index (χ0n) is 12.1. The van der Waals surface area contributed by atoms with Crippen molar-refractivity contribution in [3.8, 4) is 11.5 Å². The number of ether oxygens (including phenoxy) is 2. The predicted molar refractivity (Wildman–Crippen MR) is 89.5 cm³/mol. The molecule has 0 radical (unpaired) electrons. The highest BCUT2D eigenvalue weighted by molar-refractivity contribution is 9.10. The third-order valence-corrected chi connectivity index (χ3v) is 4.26. The summed E-state index contributed by atoms with van der Waals surface area (Å²) < 4.78 is 11.6. The molecule has 2 rings (SSSR count). The van der Waals surface area contributed by atoms with Crippen LogP contribution in [0.2, 0.25) is 5.02 Å². The molecule has 0 heterocycles. The minimum atomic E-state index is -0.320. The Bertz CT molecular complexity index is 661. The van der Waals surface area contributed by atoms with Crippen LogP contribution >= 0.6 is 27.5 Å². The fourth-order valence-corrected chi connectivity index (χ4v) is 2.99. The highest BCUT2D eigenvalue weighted by atomic mass is 79.9. The lowest BCUT2D eigenvalue weighted by atomic mass is 9.95. The fraction of sp³-hybridized carbons (Fsp3) is 0.250. The van der Waals surface area contributed by atoms with Gasteiger partial charge in [0.1, 0.15) is 11.5 Å². The van der Waals surface area contributed by atoms with Gasteiger partial charge < -0.3 is 15.2 Å². The molecule has 0 spiro atoms. The molecule has 21 heavy (non-hydrogen) atoms. The standard InChI is InChI=1S/C16H17BrClNO2/c1-9-6-10(18)4-5-11(9)16(19)12-7-15(21-3)13(17)8-14(12)20-2/h4-8,16H,19H2,1-3H3. The number of hydrogen-bond acceptors (Lipinski definition) is 3. The molecule has 2 aromatic carbocycles. The molecule has 0 fully saturated rings. The summed E-state index contributed by atoms with van der Waals surface area (Å²) in [7, 11) is 3.24. The molecular weight excluding hydrogens is 354 g/mol. The first kappa shape index (κ1) is 16.1. The first-order valence-electron chi connectivity index (χ1n) is 6.41. The van der Waals surface area contributed by atoms with Crippen molar-refractivity contribution in [2.24, 2.45) is 5.73 Å². The van der Waals surface area contributed by atoms with Crippen LogP contribution in [0.1, 0.15) is 22.7 Å². The Morgan fingerprint density at radius 2 is 1.71 bits per heavy atom. The smallest absolute Gasteiger partial charge is 0.133 e. The summed E-state index contributed by atoms with van der Waals surface area (Å²) in [5, 5.41) is 0.698. The van der Waals surface area contributed by atoms with E-state index in [1.54, 1.807) is 14.2 Å². The van der Waals surface area contributed by atoms with Gasteiger partial charge in [-0.1, -0.05) is 17.7 Å². The van der Waals surface area contributed by atoms with Crippen molar-refractivity contribution in [2.45, 2.75) is 13.0 Å². The van der Waals surface area contributed by atoms with Crippen LogP contribution < -0.4 is 15.2 Å². The Labute approximate surface area is 138 Å². The van der Waals surface area contributed by atoms with Gasteiger partial charge in [-0.25, -0.2) is 0 Å². The Kier molecular flexibility index (Phi) is 5.14. The van der Waals surface area contributed by atoms with Gasteiger partial charge in [-0.15, -0.1) is 0 Å². The number of rotatable bonds is 4. The SMILES string of the molecule is COc1cc(C(N)c2ccc(Cl)cc2C)c(OC)cc1Br. The van der Waals surface area contributed by atoms with E-state index >= 15 is 0 Å². The second-order valence-corrected chi connectivity index (χ2v) is 6.00. The number of benzene rings is 2. The lowest BCUT2D eigenvalue weighted by Crippen LogP contribution is -2.14. The van der Waals surface area contributed by atoms with Gasteiger partial charge in [0.2, 0.25) is 0 Å². The molecule has 3 nitrogen and oxygen atoms in total. The van der Waals surface area contributed by atoms with Crippen molar-refractivity contribution in [3.63, 3.8) is 0 Å². The first-order valence-corrected chi connectivity index (χ1v) is 7.58. The number of hydrogen-bond donors (Lipinski definition) is 1. The number of aryl methyl sites for hydroxylation is 1. The van der Waals surface area contributed by atoms with Crippen LogP contribution in [-0.2, 0) is 0 Å². The minimum Gasteiger partial charge on any atom is -0.496 e. The first-order chi connectivity index (χ1) is 9.97. The van der Waals surface area contributed by atoms with Gasteiger partial charge in [0.25, 0.3) is 0 Å². The quantitative estimate of drug-likeness (QED) is 0.863. The average molecular weight is 371 g/mol. The third kappa shape index (κ3) is 3.34. The van der Waals surface area contributed by atoms with Gasteiger partial charge in [0.05, 0.1) is 24.7 Å². The summed E-state index contributed by atoms with van der Waals surface area (Å²) in [6, 6.07) is 9.11. The Hall–Kier alpha value is -1.23. The fourth-order valence-electron chi connectivity index (χ4n) is 2.28. The van der Waals surface area contributed by atoms with Crippen molar-refractivity contribution in [3.05, 3.63) is 56.5 Å². The van der Waals surface area contributed by atoms with E-state index in [9.17, 15) is 0 Å². The van der Waals surface area contributed by atoms with Crippen LogP contribution in [0.4, 0.5) is 0 Å². The van der Waals surface area contributed by atoms with Gasteiger partial charge in [0, 0.05) is 10.6 Å². The second-order valence-electron chi connectivity index (χ2n) is 4.71. The van der Waals surface area contributed by atoms with Crippen LogP contribution in [0.15, 0.2) is 34.8 Å². The lowest BCUT2D eigenvalue weighted by Gasteiger charge is -2.20. The molecule has 0 amide bonds. The van der Waals surface area contributed by atoms with Crippen molar-refractivity contribution in [1.29, 1.82) is 0 Å². The van der Waals surface area contributed by atoms with E-state index in [4.69, 9.17) is 26.8 Å². The maximum atomic E-state index is 6.42. The molecule has 112 valence electrons. The molecule has 0 aliphatic rings. The van der Waals surface area contributed by atoms with Crippen molar-refractivity contribution >= 4 is 27.5 Å². The molecular formula is C16H17BrClNO2. The summed E-state index contributed by atoms with van der Waals surface area (Å²) in [6.45, 7) is 1.99. The molecule has 0 aromatic heterocycles. The molecule has 1 unspecified atom stereocenters. The van der Waals surface area contributed by atoms with Crippen LogP contribution in [0, 0.1) is 6.92 Å². The monoisotopic (exact) mass is 369 g/mol. The molecule has 2 N–H and O–H groups in total. The molecule has 0 aliphatic carbocycles. The maximum absolute atomic E-state index is 6.42. The molecule has 0 aliphatic heterocycles. The van der Waals surface area contributed by atoms with Crippen LogP contribution in [-0.4, -0.2) is 14.2 Å². The lowest BCUT2D eigenvalue weighted by molar-refractivity contribution is 0.395. The summed E-state index contributed by atoms with van der Waals surface area (Å²) in [5.74, 6) is 1.43. The molecule has 0 bridgehead atoms. The van der Waals surface area contributed by atoms with Crippen LogP contribution in [0.5, 0.6) is 11.5 Å². The van der Waals surface area contributed by atoms with E-state index in [1.807, 2.05) is 37.3 Å². The highest BCUT2D eigenvalue weighted by Gasteiger charge is 2.18. The van der Waals surface area contributed by atoms with E-state index < -0.39 is 0 Å². The molecule has 0 saturated carbocycles. The summed E-state index contributed by atoms with van der Waals surface area (Å²) >= 11 is 9.45. The van der Waals surface area contributed by atoms with Crippen molar-refractivity contribution < 1.29 is 9.47 Å². The molecule has 0 saturated heterocycles. The zero-order chi connectivity index (χ0) is 15.6. The Morgan fingerprint density at radius 3 is 2.29 bits per heavy atom. The van der Waals surface area contributed by atoms with Gasteiger partial charge in [0.15, 0.2) is 0 Å². The van der Waals surface area contributed by atoms with E-state index in [0.717, 1.165) is 21.2 Å². The van der Waals surface area contributed by atoms with Gasteiger partial charge in [-0.05, 0) is 58.2 Å². The van der Waals surface area contributed by atoms with Crippen molar-refractivity contribution in [2.75, 3.05) is 14.2 Å². The summed E-state index contributed by atoms with van der Waals surface area (Å²) in [6.07, 6.45) is 0. The second kappa shape index (κ2) is 6.69. The van der Waals surface area contributed by atoms with E-state index in [-0.39, 0.29) is 6.04 Å². The maximum Gasteiger partial charge on any atom is 0.133 e. The Morgan fingerprint density at radius 1 is 1.05 bits per heavy atom. The molecule has 2 aromatic rings. The predicted octanol–water partition coefficient (Wildman–Crippen LogP) is 4.48. The summed E-state index contributed by atoms with van der Waals surface area (Å²) in [5.41, 5.74) is 9.33. The Balaban J connectivity index is 2.53. The highest BCUT2D eigenvalue weighted by Crippen LogP contribution is 2.37. The van der Waals surface area contributed by atoms with Crippen molar-refractivity contribution in [1.82, 2.24) is 0 Å². The minimum absolute atomic E-state index is 0.320. The summed E-state index contributed by atoms with van der Waals surface area (Å²) in [4.78, 5) is 0. The normalized spacial score (nSPS) is 12.1. The molecule has 5 heteroatoms. The van der Waals surface area contributed by atoms with Gasteiger partial charge >= 0.3 is 0 Å². The van der Waals surface area contributed by atoms with E-state index in [2.05, 4.69) is 15.9 Å². The number of nitrogens with two attached hydrogens (primary N) is 1. The molecule has 1 atom stereocenters. The van der Waals surface area contributed by atoms with Crippen LogP contribution in [0.3, 0.4) is 0 Å². The van der Waals surface area contributed by atoms with Crippen LogP contribution in [0.25, 0.3) is 0 Å². The van der Waals surface area contributed by atoms with Gasteiger partial charge in [-0.2, -0.15) is 0 Å². The third-order valence-electron chi connectivity index (χ3n) is 3.41. The van der Waals surface area contributed by atoms with Gasteiger partial charge in [-0.3, -0.25) is 0 Å². The van der Waals surface area contributed by atoms with E-state index in [0.29, 0.717) is 16.5 Å². The number of halogens is 2. The average Bonchev–Trinajstić information content (AvgIpc) is 2.46.